The number of aliphatic hydroxyl groups excluding tert-OH is 2. The summed E-state index contributed by atoms with van der Waals surface area (Å²) >= 11 is 0. The topological polar surface area (TPSA) is 95.9 Å². The van der Waals surface area contributed by atoms with Crippen LogP contribution in [0.25, 0.3) is 0 Å². The van der Waals surface area contributed by atoms with E-state index >= 15 is 0 Å². The number of allylic oxidation sites excluding steroid dienone is 14. The molecule has 0 saturated heterocycles. The first kappa shape index (κ1) is 61.0. The van der Waals surface area contributed by atoms with Gasteiger partial charge >= 0.3 is 5.97 Å². The Bertz CT molecular complexity index is 1230. The lowest BCUT2D eigenvalue weighted by Gasteiger charge is -2.24. The number of nitrogens with one attached hydrogen (secondary N) is 1. The molecule has 0 aliphatic carbocycles. The Labute approximate surface area is 395 Å². The van der Waals surface area contributed by atoms with E-state index in [1.165, 1.54) is 116 Å². The Morgan fingerprint density at radius 3 is 1.30 bits per heavy atom. The van der Waals surface area contributed by atoms with Crippen molar-refractivity contribution in [1.29, 1.82) is 0 Å². The molecule has 3 unspecified atom stereocenters. The van der Waals surface area contributed by atoms with E-state index in [1.807, 2.05) is 30.4 Å². The average molecular weight is 892 g/mol. The third-order valence-electron chi connectivity index (χ3n) is 11.9. The van der Waals surface area contributed by atoms with Crippen LogP contribution in [0, 0.1) is 0 Å². The van der Waals surface area contributed by atoms with Crippen molar-refractivity contribution in [3.8, 4) is 0 Å². The van der Waals surface area contributed by atoms with Crippen LogP contribution in [-0.2, 0) is 14.3 Å². The summed E-state index contributed by atoms with van der Waals surface area (Å²) in [6.45, 7) is 6.32. The zero-order valence-corrected chi connectivity index (χ0v) is 41.9. The molecule has 0 saturated carbocycles. The van der Waals surface area contributed by atoms with Crippen LogP contribution in [0.5, 0.6) is 0 Å². The number of aliphatic hydroxyl groups is 2. The molecule has 0 spiro atoms. The predicted octanol–water partition coefficient (Wildman–Crippen LogP) is 16.3. The molecule has 6 heteroatoms. The summed E-state index contributed by atoms with van der Waals surface area (Å²) in [6.07, 6.45) is 66.4. The summed E-state index contributed by atoms with van der Waals surface area (Å²) < 4.78 is 5.90. The van der Waals surface area contributed by atoms with Gasteiger partial charge in [0.2, 0.25) is 5.91 Å². The first-order valence-electron chi connectivity index (χ1n) is 26.9. The summed E-state index contributed by atoms with van der Waals surface area (Å²) in [5.74, 6) is -0.556. The third kappa shape index (κ3) is 45.6. The number of carbonyl (C=O) groups excluding carboxylic acids is 2. The highest BCUT2D eigenvalue weighted by molar-refractivity contribution is 5.77. The van der Waals surface area contributed by atoms with Gasteiger partial charge in [-0.15, -0.1) is 0 Å². The van der Waals surface area contributed by atoms with Crippen molar-refractivity contribution in [1.82, 2.24) is 5.32 Å². The van der Waals surface area contributed by atoms with Gasteiger partial charge < -0.3 is 20.3 Å². The maximum absolute atomic E-state index is 13.2. The smallest absolute Gasteiger partial charge is 0.306 e. The summed E-state index contributed by atoms with van der Waals surface area (Å²) in [5, 5.41) is 23.8. The summed E-state index contributed by atoms with van der Waals surface area (Å²) in [7, 11) is 0. The van der Waals surface area contributed by atoms with Gasteiger partial charge in [-0.3, -0.25) is 9.59 Å². The molecule has 64 heavy (non-hydrogen) atoms. The monoisotopic (exact) mass is 892 g/mol. The second-order valence-electron chi connectivity index (χ2n) is 18.0. The fourth-order valence-electron chi connectivity index (χ4n) is 7.80. The van der Waals surface area contributed by atoms with Crippen LogP contribution in [0.15, 0.2) is 85.1 Å². The predicted molar refractivity (Wildman–Crippen MR) is 278 cm³/mol. The minimum atomic E-state index is -0.809. The van der Waals surface area contributed by atoms with Crippen molar-refractivity contribution in [2.24, 2.45) is 0 Å². The molecule has 6 nitrogen and oxygen atoms in total. The Morgan fingerprint density at radius 1 is 0.469 bits per heavy atom. The van der Waals surface area contributed by atoms with Crippen LogP contribution < -0.4 is 5.32 Å². The molecule has 0 heterocycles. The number of amides is 1. The first-order chi connectivity index (χ1) is 31.5. The quantitative estimate of drug-likeness (QED) is 0.0321. The average Bonchev–Trinajstić information content (AvgIpc) is 3.29. The van der Waals surface area contributed by atoms with Gasteiger partial charge in [-0.05, 0) is 70.6 Å². The maximum atomic E-state index is 13.2. The lowest BCUT2D eigenvalue weighted by atomic mass is 10.0. The van der Waals surface area contributed by atoms with Gasteiger partial charge in [0.15, 0.2) is 0 Å². The van der Waals surface area contributed by atoms with Crippen molar-refractivity contribution in [3.63, 3.8) is 0 Å². The minimum Gasteiger partial charge on any atom is -0.462 e. The van der Waals surface area contributed by atoms with Gasteiger partial charge in [0.1, 0.15) is 6.10 Å². The molecule has 1 amide bonds. The zero-order valence-electron chi connectivity index (χ0n) is 41.9. The van der Waals surface area contributed by atoms with Crippen molar-refractivity contribution in [2.45, 2.75) is 264 Å². The van der Waals surface area contributed by atoms with E-state index in [4.69, 9.17) is 4.74 Å². The normalized spacial score (nSPS) is 13.9. The maximum Gasteiger partial charge on any atom is 0.306 e. The fraction of sp³-hybridized carbons (Fsp3) is 0.724. The summed E-state index contributed by atoms with van der Waals surface area (Å²) in [5.41, 5.74) is 0. The van der Waals surface area contributed by atoms with Crippen molar-refractivity contribution in [3.05, 3.63) is 85.1 Å². The van der Waals surface area contributed by atoms with Crippen LogP contribution in [0.1, 0.15) is 245 Å². The Kier molecular flexibility index (Phi) is 48.7. The molecular weight excluding hydrogens is 791 g/mol. The second kappa shape index (κ2) is 51.0. The number of rotatable bonds is 47. The van der Waals surface area contributed by atoms with E-state index in [-0.39, 0.29) is 24.9 Å². The molecule has 0 fully saturated rings. The third-order valence-corrected chi connectivity index (χ3v) is 11.9. The van der Waals surface area contributed by atoms with Crippen LogP contribution in [0.3, 0.4) is 0 Å². The molecule has 0 aliphatic heterocycles. The molecule has 3 N–H and O–H groups in total. The van der Waals surface area contributed by atoms with Gasteiger partial charge in [-0.25, -0.2) is 0 Å². The van der Waals surface area contributed by atoms with Crippen molar-refractivity contribution in [2.75, 3.05) is 6.61 Å². The molecule has 3 atom stereocenters. The number of hydrogen-bond acceptors (Lipinski definition) is 5. The van der Waals surface area contributed by atoms with Crippen molar-refractivity contribution < 1.29 is 24.5 Å². The van der Waals surface area contributed by atoms with E-state index in [1.54, 1.807) is 0 Å². The number of hydrogen-bond donors (Lipinski definition) is 3. The molecular formula is C58H101NO5. The van der Waals surface area contributed by atoms with Gasteiger partial charge in [0.25, 0.3) is 0 Å². The molecule has 0 aromatic carbocycles. The van der Waals surface area contributed by atoms with Crippen LogP contribution >= 0.6 is 0 Å². The SMILES string of the molecule is CC/C=C/C=C/C=C\C=C/CCCCCC(=O)OC(CCCCC/C=C/C=C/C=C/CCCCCCC)CC(=O)NC(CO)C(O)CCCCCCCCCCCCCCCCCC. The molecule has 368 valence electrons. The van der Waals surface area contributed by atoms with Gasteiger partial charge in [0.05, 0.1) is 25.2 Å². The lowest BCUT2D eigenvalue weighted by molar-refractivity contribution is -0.151. The Hall–Kier alpha value is -2.96. The standard InChI is InChI=1S/C58H101NO5/c1-4-7-10-13-16-19-22-25-27-29-32-34-37-40-43-46-49-54(64-58(63)51-48-45-42-39-36-31-24-21-18-15-12-9-6-3)52-57(62)59-55(53-60)56(61)50-47-44-41-38-35-33-30-28-26-23-20-17-14-11-8-5-2/h9,12,15,18,21-22,24-25,27,29,31-32,34,36,54-56,60-61H,4-8,10-11,13-14,16-17,19-20,23,26,28,30,33,35,37-53H2,1-3H3,(H,59,62)/b12-9+,18-15+,24-21-,25-22+,29-27+,34-32+,36-31-. The highest BCUT2D eigenvalue weighted by Crippen LogP contribution is 2.17. The first-order valence-corrected chi connectivity index (χ1v) is 26.9. The van der Waals surface area contributed by atoms with Gasteiger partial charge in [-0.2, -0.15) is 0 Å². The molecule has 0 rings (SSSR count). The molecule has 0 bridgehead atoms. The van der Waals surface area contributed by atoms with Crippen LogP contribution in [-0.4, -0.2) is 46.9 Å². The number of esters is 1. The number of unbranched alkanes of at least 4 members (excludes halogenated alkanes) is 26. The second-order valence-corrected chi connectivity index (χ2v) is 18.0. The number of ether oxygens (including phenoxy) is 1. The summed E-state index contributed by atoms with van der Waals surface area (Å²) in [4.78, 5) is 26.2. The highest BCUT2D eigenvalue weighted by Gasteiger charge is 2.24. The van der Waals surface area contributed by atoms with Crippen LogP contribution in [0.2, 0.25) is 0 Å². The van der Waals surface area contributed by atoms with E-state index < -0.39 is 18.2 Å². The van der Waals surface area contributed by atoms with Gasteiger partial charge in [-0.1, -0.05) is 247 Å². The molecule has 0 aromatic heterocycles. The molecule has 0 radical (unpaired) electrons. The van der Waals surface area contributed by atoms with E-state index in [2.05, 4.69) is 80.8 Å². The van der Waals surface area contributed by atoms with Gasteiger partial charge in [0, 0.05) is 6.42 Å². The van der Waals surface area contributed by atoms with E-state index in [9.17, 15) is 19.8 Å². The lowest BCUT2D eigenvalue weighted by Crippen LogP contribution is -2.46. The number of carbonyl (C=O) groups is 2. The minimum absolute atomic E-state index is 0.0351. The van der Waals surface area contributed by atoms with E-state index in [0.717, 1.165) is 83.5 Å². The zero-order chi connectivity index (χ0) is 46.7. The Morgan fingerprint density at radius 2 is 0.844 bits per heavy atom. The Balaban J connectivity index is 4.68. The summed E-state index contributed by atoms with van der Waals surface area (Å²) in [6, 6.07) is -0.726. The largest absolute Gasteiger partial charge is 0.462 e. The molecule has 0 aromatic rings. The van der Waals surface area contributed by atoms with E-state index in [0.29, 0.717) is 19.3 Å². The van der Waals surface area contributed by atoms with Crippen molar-refractivity contribution >= 4 is 11.9 Å². The van der Waals surface area contributed by atoms with Crippen LogP contribution in [0.4, 0.5) is 0 Å². The highest BCUT2D eigenvalue weighted by atomic mass is 16.5. The fourth-order valence-corrected chi connectivity index (χ4v) is 7.80. The molecule has 0 aliphatic rings.